The molecule has 0 heterocycles. The molecule has 0 atom stereocenters. The van der Waals surface area contributed by atoms with Crippen LogP contribution in [0.5, 0.6) is 0 Å². The Kier molecular flexibility index (Phi) is 2.82. The molecule has 0 aliphatic carbocycles. The van der Waals surface area contributed by atoms with Crippen LogP contribution in [0.15, 0.2) is 18.2 Å². The number of rotatable bonds is 1. The Morgan fingerprint density at radius 1 is 1.50 bits per heavy atom. The molecular formula is C9H6N2O3. The number of anilines is 1. The summed E-state index contributed by atoms with van der Waals surface area (Å²) in [7, 11) is 0. The molecule has 0 fully saturated rings. The van der Waals surface area contributed by atoms with E-state index in [2.05, 4.69) is 11.8 Å². The number of carbonyl (C=O) groups is 1. The number of nitrogens with zero attached hydrogens (tertiary/aromatic N) is 1. The van der Waals surface area contributed by atoms with Gasteiger partial charge in [0.2, 0.25) is 0 Å². The zero-order valence-electron chi connectivity index (χ0n) is 7.06. The molecule has 0 unspecified atom stereocenters. The third kappa shape index (κ3) is 2.08. The van der Waals surface area contributed by atoms with E-state index >= 15 is 0 Å². The molecule has 70 valence electrons. The maximum absolute atomic E-state index is 10.5. The van der Waals surface area contributed by atoms with Gasteiger partial charge in [-0.15, -0.1) is 0 Å². The van der Waals surface area contributed by atoms with Crippen LogP contribution < -0.4 is 5.73 Å². The van der Waals surface area contributed by atoms with Crippen molar-refractivity contribution >= 4 is 17.7 Å². The number of carbonyl (C=O) groups excluding carboxylic acids is 1. The van der Waals surface area contributed by atoms with Crippen molar-refractivity contribution in [3.8, 4) is 11.8 Å². The van der Waals surface area contributed by atoms with Gasteiger partial charge in [0, 0.05) is 11.6 Å². The van der Waals surface area contributed by atoms with Gasteiger partial charge in [-0.25, -0.2) is 0 Å². The van der Waals surface area contributed by atoms with Crippen LogP contribution in [-0.4, -0.2) is 11.2 Å². The van der Waals surface area contributed by atoms with E-state index in [1.165, 1.54) is 18.2 Å². The summed E-state index contributed by atoms with van der Waals surface area (Å²) in [6.07, 6.45) is 0.419. The van der Waals surface area contributed by atoms with E-state index in [0.29, 0.717) is 11.8 Å². The highest BCUT2D eigenvalue weighted by molar-refractivity contribution is 5.74. The first kappa shape index (κ1) is 9.74. The number of nitrogen functional groups attached to an aromatic ring is 1. The zero-order chi connectivity index (χ0) is 10.6. The topological polar surface area (TPSA) is 86.2 Å². The van der Waals surface area contributed by atoms with Gasteiger partial charge in [0.1, 0.15) is 5.69 Å². The molecule has 0 saturated carbocycles. The van der Waals surface area contributed by atoms with Crippen molar-refractivity contribution < 1.29 is 9.72 Å². The Morgan fingerprint density at radius 2 is 2.21 bits per heavy atom. The SMILES string of the molecule is Nc1ccc(C#CC=O)cc1[N+](=O)[O-]. The van der Waals surface area contributed by atoms with Gasteiger partial charge in [-0.3, -0.25) is 14.9 Å². The summed E-state index contributed by atoms with van der Waals surface area (Å²) in [5.74, 6) is 4.59. The van der Waals surface area contributed by atoms with Gasteiger partial charge in [0.15, 0.2) is 6.29 Å². The Hall–Kier alpha value is -2.35. The minimum atomic E-state index is -0.596. The molecule has 0 bridgehead atoms. The lowest BCUT2D eigenvalue weighted by molar-refractivity contribution is -0.383. The van der Waals surface area contributed by atoms with Gasteiger partial charge < -0.3 is 5.73 Å². The maximum Gasteiger partial charge on any atom is 0.293 e. The minimum absolute atomic E-state index is 0.0756. The van der Waals surface area contributed by atoms with Crippen LogP contribution in [0.25, 0.3) is 0 Å². The Bertz CT molecular complexity index is 443. The molecule has 5 heteroatoms. The second-order valence-electron chi connectivity index (χ2n) is 2.42. The minimum Gasteiger partial charge on any atom is -0.393 e. The molecule has 0 aromatic heterocycles. The highest BCUT2D eigenvalue weighted by atomic mass is 16.6. The average Bonchev–Trinajstić information content (AvgIpc) is 2.16. The van der Waals surface area contributed by atoms with Crippen LogP contribution in [0.3, 0.4) is 0 Å². The van der Waals surface area contributed by atoms with Crippen molar-refractivity contribution in [2.75, 3.05) is 5.73 Å². The van der Waals surface area contributed by atoms with E-state index in [9.17, 15) is 14.9 Å². The maximum atomic E-state index is 10.5. The summed E-state index contributed by atoms with van der Waals surface area (Å²) in [5, 5.41) is 10.5. The molecular weight excluding hydrogens is 184 g/mol. The van der Waals surface area contributed by atoms with Gasteiger partial charge in [0.25, 0.3) is 5.69 Å². The molecule has 0 amide bonds. The Labute approximate surface area is 79.7 Å². The van der Waals surface area contributed by atoms with Gasteiger partial charge in [0.05, 0.1) is 4.92 Å². The lowest BCUT2D eigenvalue weighted by Crippen LogP contribution is -1.95. The predicted molar refractivity (Wildman–Crippen MR) is 50.5 cm³/mol. The Morgan fingerprint density at radius 3 is 2.79 bits per heavy atom. The summed E-state index contributed by atoms with van der Waals surface area (Å²) in [6.45, 7) is 0. The molecule has 0 aliphatic heterocycles. The fourth-order valence-electron chi connectivity index (χ4n) is 0.892. The van der Waals surface area contributed by atoms with Crippen LogP contribution in [0.1, 0.15) is 5.56 Å². The van der Waals surface area contributed by atoms with Crippen LogP contribution in [-0.2, 0) is 4.79 Å². The number of hydrogen-bond donors (Lipinski definition) is 1. The summed E-state index contributed by atoms with van der Waals surface area (Å²) in [4.78, 5) is 19.8. The molecule has 1 aromatic carbocycles. The first-order chi connectivity index (χ1) is 6.65. The number of nitrogens with two attached hydrogens (primary N) is 1. The molecule has 1 rings (SSSR count). The van der Waals surface area contributed by atoms with Gasteiger partial charge in [-0.2, -0.15) is 0 Å². The van der Waals surface area contributed by atoms with Gasteiger partial charge >= 0.3 is 0 Å². The van der Waals surface area contributed by atoms with E-state index in [0.717, 1.165) is 0 Å². The van der Waals surface area contributed by atoms with Crippen molar-refractivity contribution in [1.29, 1.82) is 0 Å². The number of aldehydes is 1. The van der Waals surface area contributed by atoms with E-state index in [1.54, 1.807) is 0 Å². The number of nitro groups is 1. The smallest absolute Gasteiger partial charge is 0.293 e. The summed E-state index contributed by atoms with van der Waals surface area (Å²) < 4.78 is 0. The van der Waals surface area contributed by atoms with Crippen molar-refractivity contribution in [3.05, 3.63) is 33.9 Å². The van der Waals surface area contributed by atoms with Crippen LogP contribution in [0.2, 0.25) is 0 Å². The summed E-state index contributed by atoms with van der Waals surface area (Å²) in [6, 6.07) is 4.12. The van der Waals surface area contributed by atoms with Crippen LogP contribution >= 0.6 is 0 Å². The van der Waals surface area contributed by atoms with E-state index in [4.69, 9.17) is 5.73 Å². The predicted octanol–water partition coefficient (Wildman–Crippen LogP) is 0.727. The van der Waals surface area contributed by atoms with E-state index in [1.807, 2.05) is 0 Å². The molecule has 0 radical (unpaired) electrons. The van der Waals surface area contributed by atoms with Crippen LogP contribution in [0, 0.1) is 22.0 Å². The van der Waals surface area contributed by atoms with Crippen LogP contribution in [0.4, 0.5) is 11.4 Å². The standard InChI is InChI=1S/C9H6N2O3/c10-8-4-3-7(2-1-5-12)6-9(8)11(13)14/h3-6H,10H2. The molecule has 1 aromatic rings. The molecule has 0 aliphatic rings. The fraction of sp³-hybridized carbons (Fsp3) is 0. The lowest BCUT2D eigenvalue weighted by Gasteiger charge is -1.96. The van der Waals surface area contributed by atoms with E-state index < -0.39 is 4.92 Å². The molecule has 0 saturated heterocycles. The second kappa shape index (κ2) is 4.05. The summed E-state index contributed by atoms with van der Waals surface area (Å²) in [5.41, 5.74) is 5.62. The lowest BCUT2D eigenvalue weighted by atomic mass is 10.2. The first-order valence-electron chi connectivity index (χ1n) is 3.64. The quantitative estimate of drug-likeness (QED) is 0.232. The van der Waals surface area contributed by atoms with E-state index in [-0.39, 0.29) is 11.4 Å². The molecule has 2 N–H and O–H groups in total. The highest BCUT2D eigenvalue weighted by Gasteiger charge is 2.10. The molecule has 14 heavy (non-hydrogen) atoms. The van der Waals surface area contributed by atoms with Gasteiger partial charge in [-0.05, 0) is 18.1 Å². The van der Waals surface area contributed by atoms with Crippen molar-refractivity contribution in [1.82, 2.24) is 0 Å². The monoisotopic (exact) mass is 190 g/mol. The zero-order valence-corrected chi connectivity index (χ0v) is 7.06. The number of benzene rings is 1. The molecule has 0 spiro atoms. The second-order valence-corrected chi connectivity index (χ2v) is 2.42. The average molecular weight is 190 g/mol. The third-order valence-electron chi connectivity index (χ3n) is 1.50. The van der Waals surface area contributed by atoms with Crippen molar-refractivity contribution in [2.24, 2.45) is 0 Å². The highest BCUT2D eigenvalue weighted by Crippen LogP contribution is 2.21. The van der Waals surface area contributed by atoms with Crippen molar-refractivity contribution in [2.45, 2.75) is 0 Å². The van der Waals surface area contributed by atoms with Crippen molar-refractivity contribution in [3.63, 3.8) is 0 Å². The fourth-order valence-corrected chi connectivity index (χ4v) is 0.892. The normalized spacial score (nSPS) is 8.57. The number of nitro benzene ring substituents is 1. The first-order valence-corrected chi connectivity index (χ1v) is 3.64. The Balaban J connectivity index is 3.19. The summed E-state index contributed by atoms with van der Waals surface area (Å²) >= 11 is 0. The largest absolute Gasteiger partial charge is 0.393 e. The molecule has 5 nitrogen and oxygen atoms in total. The van der Waals surface area contributed by atoms with Gasteiger partial charge in [-0.1, -0.05) is 5.92 Å². The number of hydrogen-bond acceptors (Lipinski definition) is 4. The third-order valence-corrected chi connectivity index (χ3v) is 1.50.